The minimum atomic E-state index is -0.714. The fourth-order valence-corrected chi connectivity index (χ4v) is 2.07. The van der Waals surface area contributed by atoms with Crippen LogP contribution in [0.5, 0.6) is 11.5 Å². The van der Waals surface area contributed by atoms with Gasteiger partial charge < -0.3 is 15.2 Å². The van der Waals surface area contributed by atoms with Gasteiger partial charge in [0.1, 0.15) is 12.4 Å². The van der Waals surface area contributed by atoms with Crippen molar-refractivity contribution in [1.29, 1.82) is 0 Å². The number of Topliss-reactive ketones (excluding diaryl/α,β-unsaturated/α-hetero) is 1. The quantitative estimate of drug-likeness (QED) is 0.799. The van der Waals surface area contributed by atoms with Crippen LogP contribution in [0, 0.1) is 5.82 Å². The molecule has 0 unspecified atom stereocenters. The first-order valence-corrected chi connectivity index (χ1v) is 6.94. The molecule has 0 atom stereocenters. The molecule has 2 aromatic rings. The lowest BCUT2D eigenvalue weighted by atomic mass is 10.1. The number of carbonyl (C=O) groups excluding carboxylic acids is 1. The van der Waals surface area contributed by atoms with Crippen molar-refractivity contribution < 1.29 is 18.7 Å². The Labute approximate surface area is 128 Å². The highest BCUT2D eigenvalue weighted by atomic mass is 19.1. The number of ether oxygens (including phenoxy) is 2. The summed E-state index contributed by atoms with van der Waals surface area (Å²) >= 11 is 0. The number of hydrogen-bond donors (Lipinski definition) is 1. The second-order valence-electron chi connectivity index (χ2n) is 4.69. The number of methoxy groups -OCH3 is 1. The van der Waals surface area contributed by atoms with E-state index in [1.165, 1.54) is 19.2 Å². The van der Waals surface area contributed by atoms with Crippen LogP contribution in [0.4, 0.5) is 4.39 Å². The average molecular weight is 303 g/mol. The van der Waals surface area contributed by atoms with Crippen LogP contribution in [-0.2, 0) is 6.61 Å². The van der Waals surface area contributed by atoms with E-state index < -0.39 is 11.6 Å². The van der Waals surface area contributed by atoms with Gasteiger partial charge in [0, 0.05) is 6.42 Å². The number of rotatable bonds is 7. The zero-order valence-corrected chi connectivity index (χ0v) is 12.3. The third-order valence-corrected chi connectivity index (χ3v) is 3.18. The molecule has 0 bridgehead atoms. The molecular weight excluding hydrogens is 285 g/mol. The van der Waals surface area contributed by atoms with Crippen LogP contribution in [0.15, 0.2) is 42.5 Å². The Bertz CT molecular complexity index is 644. The van der Waals surface area contributed by atoms with Crippen molar-refractivity contribution in [3.63, 3.8) is 0 Å². The minimum absolute atomic E-state index is 0.0185. The number of halogens is 1. The molecule has 0 aliphatic rings. The topological polar surface area (TPSA) is 61.5 Å². The van der Waals surface area contributed by atoms with E-state index in [-0.39, 0.29) is 36.6 Å². The van der Waals surface area contributed by atoms with Crippen molar-refractivity contribution in [2.45, 2.75) is 13.0 Å². The van der Waals surface area contributed by atoms with E-state index >= 15 is 0 Å². The van der Waals surface area contributed by atoms with Crippen LogP contribution in [-0.4, -0.2) is 19.4 Å². The monoisotopic (exact) mass is 303 g/mol. The van der Waals surface area contributed by atoms with Crippen molar-refractivity contribution in [3.8, 4) is 11.5 Å². The lowest BCUT2D eigenvalue weighted by Crippen LogP contribution is -2.12. The van der Waals surface area contributed by atoms with E-state index in [1.807, 2.05) is 30.3 Å². The molecule has 22 heavy (non-hydrogen) atoms. The Balaban J connectivity index is 2.25. The molecule has 5 heteroatoms. The van der Waals surface area contributed by atoms with Crippen molar-refractivity contribution in [2.24, 2.45) is 5.73 Å². The lowest BCUT2D eigenvalue weighted by molar-refractivity contribution is 0.0977. The normalized spacial score (nSPS) is 10.3. The molecule has 0 aliphatic heterocycles. The first-order valence-electron chi connectivity index (χ1n) is 6.94. The molecule has 0 heterocycles. The van der Waals surface area contributed by atoms with Crippen LogP contribution in [0.3, 0.4) is 0 Å². The Morgan fingerprint density at radius 1 is 1.14 bits per heavy atom. The average Bonchev–Trinajstić information content (AvgIpc) is 2.54. The molecule has 0 fully saturated rings. The Morgan fingerprint density at radius 2 is 1.82 bits per heavy atom. The van der Waals surface area contributed by atoms with Crippen LogP contribution in [0.1, 0.15) is 22.3 Å². The van der Waals surface area contributed by atoms with Gasteiger partial charge >= 0.3 is 0 Å². The molecular formula is C17H18FNO3. The van der Waals surface area contributed by atoms with Gasteiger partial charge in [-0.05, 0) is 24.2 Å². The predicted molar refractivity (Wildman–Crippen MR) is 81.7 cm³/mol. The highest BCUT2D eigenvalue weighted by molar-refractivity contribution is 5.99. The molecule has 2 N–H and O–H groups in total. The van der Waals surface area contributed by atoms with E-state index in [0.717, 1.165) is 5.56 Å². The summed E-state index contributed by atoms with van der Waals surface area (Å²) in [4.78, 5) is 12.0. The van der Waals surface area contributed by atoms with Gasteiger partial charge in [-0.25, -0.2) is 4.39 Å². The minimum Gasteiger partial charge on any atom is -0.496 e. The van der Waals surface area contributed by atoms with E-state index in [9.17, 15) is 9.18 Å². The van der Waals surface area contributed by atoms with E-state index in [2.05, 4.69) is 0 Å². The zero-order valence-electron chi connectivity index (χ0n) is 12.3. The summed E-state index contributed by atoms with van der Waals surface area (Å²) in [7, 11) is 1.39. The summed E-state index contributed by atoms with van der Waals surface area (Å²) in [5.41, 5.74) is 6.16. The molecule has 4 nitrogen and oxygen atoms in total. The highest BCUT2D eigenvalue weighted by Gasteiger charge is 2.21. The third kappa shape index (κ3) is 3.62. The number of ketones is 1. The Morgan fingerprint density at radius 3 is 2.45 bits per heavy atom. The van der Waals surface area contributed by atoms with Gasteiger partial charge in [0.05, 0.1) is 12.7 Å². The van der Waals surface area contributed by atoms with Gasteiger partial charge in [0.15, 0.2) is 17.3 Å². The fraction of sp³-hybridized carbons (Fsp3) is 0.235. The number of carbonyl (C=O) groups is 1. The summed E-state index contributed by atoms with van der Waals surface area (Å²) in [5, 5.41) is 0. The van der Waals surface area contributed by atoms with Gasteiger partial charge in [-0.2, -0.15) is 0 Å². The van der Waals surface area contributed by atoms with E-state index in [4.69, 9.17) is 15.2 Å². The lowest BCUT2D eigenvalue weighted by Gasteiger charge is -2.13. The van der Waals surface area contributed by atoms with Gasteiger partial charge in [-0.3, -0.25) is 4.79 Å². The maximum atomic E-state index is 14.5. The van der Waals surface area contributed by atoms with E-state index in [0.29, 0.717) is 0 Å². The highest BCUT2D eigenvalue weighted by Crippen LogP contribution is 2.30. The molecule has 0 amide bonds. The summed E-state index contributed by atoms with van der Waals surface area (Å²) in [6.07, 6.45) is 0.0510. The summed E-state index contributed by atoms with van der Waals surface area (Å²) in [6, 6.07) is 12.4. The summed E-state index contributed by atoms with van der Waals surface area (Å²) in [6.45, 7) is 0.366. The number of nitrogens with two attached hydrogens (primary N) is 1. The Hall–Kier alpha value is -2.40. The molecule has 2 rings (SSSR count). The fourth-order valence-electron chi connectivity index (χ4n) is 2.07. The van der Waals surface area contributed by atoms with Gasteiger partial charge in [-0.15, -0.1) is 0 Å². The number of benzene rings is 2. The molecule has 0 saturated carbocycles. The van der Waals surface area contributed by atoms with Crippen molar-refractivity contribution in [2.75, 3.05) is 13.7 Å². The van der Waals surface area contributed by atoms with Gasteiger partial charge in [0.2, 0.25) is 0 Å². The standard InChI is InChI=1S/C17H18FNO3/c1-21-14-7-8-15(17(18)16(14)13(20)9-10-19)22-11-12-5-3-2-4-6-12/h2-8H,9-11,19H2,1H3. The number of hydrogen-bond acceptors (Lipinski definition) is 4. The molecule has 0 saturated heterocycles. The van der Waals surface area contributed by atoms with Gasteiger partial charge in [-0.1, -0.05) is 30.3 Å². The second-order valence-corrected chi connectivity index (χ2v) is 4.69. The third-order valence-electron chi connectivity index (χ3n) is 3.18. The largest absolute Gasteiger partial charge is 0.496 e. The van der Waals surface area contributed by atoms with Crippen LogP contribution in [0.2, 0.25) is 0 Å². The molecule has 0 spiro atoms. The first-order chi connectivity index (χ1) is 10.7. The maximum Gasteiger partial charge on any atom is 0.179 e. The molecule has 0 radical (unpaired) electrons. The first kappa shape index (κ1) is 16.0. The SMILES string of the molecule is COc1ccc(OCc2ccccc2)c(F)c1C(=O)CCN. The van der Waals surface area contributed by atoms with E-state index in [1.54, 1.807) is 0 Å². The van der Waals surface area contributed by atoms with Crippen molar-refractivity contribution >= 4 is 5.78 Å². The predicted octanol–water partition coefficient (Wildman–Crippen LogP) is 2.94. The summed E-state index contributed by atoms with van der Waals surface area (Å²) < 4.78 is 25.1. The summed E-state index contributed by atoms with van der Waals surface area (Å²) in [5.74, 6) is -0.913. The van der Waals surface area contributed by atoms with Gasteiger partial charge in [0.25, 0.3) is 0 Å². The maximum absolute atomic E-state index is 14.5. The van der Waals surface area contributed by atoms with Crippen LogP contribution >= 0.6 is 0 Å². The molecule has 116 valence electrons. The molecule has 0 aromatic heterocycles. The van der Waals surface area contributed by atoms with Crippen LogP contribution in [0.25, 0.3) is 0 Å². The van der Waals surface area contributed by atoms with Crippen molar-refractivity contribution in [3.05, 3.63) is 59.4 Å². The van der Waals surface area contributed by atoms with Crippen molar-refractivity contribution in [1.82, 2.24) is 0 Å². The molecule has 0 aliphatic carbocycles. The molecule has 2 aromatic carbocycles. The second kappa shape index (κ2) is 7.56. The smallest absolute Gasteiger partial charge is 0.179 e. The Kier molecular flexibility index (Phi) is 5.49. The zero-order chi connectivity index (χ0) is 15.9. The van der Waals surface area contributed by atoms with Crippen LogP contribution < -0.4 is 15.2 Å².